The summed E-state index contributed by atoms with van der Waals surface area (Å²) in [4.78, 5) is 15.9. The number of hydrogen-bond donors (Lipinski definition) is 1. The van der Waals surface area contributed by atoms with Crippen LogP contribution in [0.15, 0.2) is 47.2 Å². The molecule has 2 aromatic rings. The van der Waals surface area contributed by atoms with Crippen molar-refractivity contribution < 1.29 is 9.53 Å². The third-order valence-electron chi connectivity index (χ3n) is 2.55. The smallest absolute Gasteiger partial charge is 0.412 e. The van der Waals surface area contributed by atoms with Crippen LogP contribution in [0.2, 0.25) is 0 Å². The minimum Gasteiger partial charge on any atom is -0.444 e. The van der Waals surface area contributed by atoms with Crippen molar-refractivity contribution in [2.24, 2.45) is 0 Å². The van der Waals surface area contributed by atoms with Gasteiger partial charge >= 0.3 is 6.09 Å². The first-order valence-corrected chi connectivity index (χ1v) is 7.34. The van der Waals surface area contributed by atoms with Gasteiger partial charge in [0.25, 0.3) is 0 Å². The van der Waals surface area contributed by atoms with Crippen LogP contribution in [-0.4, -0.2) is 16.7 Å². The van der Waals surface area contributed by atoms with E-state index in [-0.39, 0.29) is 0 Å². The van der Waals surface area contributed by atoms with E-state index in [9.17, 15) is 4.79 Å². The van der Waals surface area contributed by atoms with E-state index < -0.39 is 11.7 Å². The van der Waals surface area contributed by atoms with Gasteiger partial charge in [0.15, 0.2) is 0 Å². The maximum absolute atomic E-state index is 11.8. The van der Waals surface area contributed by atoms with Gasteiger partial charge in [0, 0.05) is 28.1 Å². The van der Waals surface area contributed by atoms with Crippen LogP contribution in [0.3, 0.4) is 0 Å². The molecule has 21 heavy (non-hydrogen) atoms. The molecule has 2 rings (SSSR count). The fraction of sp³-hybridized carbons (Fsp3) is 0.250. The zero-order valence-electron chi connectivity index (χ0n) is 12.2. The molecule has 0 saturated carbocycles. The molecule has 0 spiro atoms. The number of carbonyl (C=O) groups excluding carboxylic acids is 1. The zero-order valence-corrected chi connectivity index (χ0v) is 13.8. The van der Waals surface area contributed by atoms with E-state index in [2.05, 4.69) is 26.2 Å². The Balaban J connectivity index is 2.17. The van der Waals surface area contributed by atoms with Gasteiger partial charge in [-0.15, -0.1) is 0 Å². The molecule has 0 atom stereocenters. The minimum absolute atomic E-state index is 0.466. The molecule has 1 aromatic heterocycles. The maximum Gasteiger partial charge on any atom is 0.412 e. The average molecular weight is 349 g/mol. The van der Waals surface area contributed by atoms with Crippen LogP contribution in [0, 0.1) is 0 Å². The molecule has 0 aliphatic heterocycles. The van der Waals surface area contributed by atoms with Gasteiger partial charge in [0.1, 0.15) is 5.60 Å². The van der Waals surface area contributed by atoms with Crippen molar-refractivity contribution in [2.45, 2.75) is 26.4 Å². The second-order valence-corrected chi connectivity index (χ2v) is 6.52. The van der Waals surface area contributed by atoms with Gasteiger partial charge < -0.3 is 4.74 Å². The van der Waals surface area contributed by atoms with Crippen molar-refractivity contribution in [1.29, 1.82) is 0 Å². The van der Waals surface area contributed by atoms with E-state index in [1.165, 1.54) is 0 Å². The highest BCUT2D eigenvalue weighted by molar-refractivity contribution is 9.10. The van der Waals surface area contributed by atoms with Gasteiger partial charge in [-0.1, -0.05) is 12.1 Å². The molecular weight excluding hydrogens is 332 g/mol. The number of ether oxygens (including phenoxy) is 1. The summed E-state index contributed by atoms with van der Waals surface area (Å²) in [6, 6.07) is 9.51. The van der Waals surface area contributed by atoms with Crippen LogP contribution in [0.4, 0.5) is 10.5 Å². The zero-order chi connectivity index (χ0) is 15.5. The number of pyridine rings is 1. The van der Waals surface area contributed by atoms with Gasteiger partial charge in [-0.25, -0.2) is 4.79 Å². The quantitative estimate of drug-likeness (QED) is 0.843. The Morgan fingerprint density at radius 1 is 1.19 bits per heavy atom. The van der Waals surface area contributed by atoms with Crippen molar-refractivity contribution in [3.8, 4) is 11.1 Å². The molecule has 5 heteroatoms. The second-order valence-electron chi connectivity index (χ2n) is 5.60. The fourth-order valence-corrected chi connectivity index (χ4v) is 2.13. The Morgan fingerprint density at radius 3 is 2.62 bits per heavy atom. The van der Waals surface area contributed by atoms with Crippen LogP contribution < -0.4 is 5.32 Å². The number of hydrogen-bond acceptors (Lipinski definition) is 3. The first-order valence-electron chi connectivity index (χ1n) is 6.54. The summed E-state index contributed by atoms with van der Waals surface area (Å²) in [6.07, 6.45) is 3.04. The number of amides is 1. The molecule has 0 aliphatic rings. The monoisotopic (exact) mass is 348 g/mol. The first kappa shape index (κ1) is 15.5. The van der Waals surface area contributed by atoms with Crippen molar-refractivity contribution in [2.75, 3.05) is 5.32 Å². The third-order valence-corrected chi connectivity index (χ3v) is 2.98. The van der Waals surface area contributed by atoms with Crippen LogP contribution in [0.25, 0.3) is 11.1 Å². The van der Waals surface area contributed by atoms with E-state index in [1.807, 2.05) is 51.1 Å². The van der Waals surface area contributed by atoms with Gasteiger partial charge in [-0.05, 0) is 60.5 Å². The lowest BCUT2D eigenvalue weighted by Crippen LogP contribution is -2.27. The Morgan fingerprint density at radius 2 is 1.95 bits per heavy atom. The van der Waals surface area contributed by atoms with Crippen LogP contribution >= 0.6 is 15.9 Å². The standard InChI is InChI=1S/C16H17BrN2O2/c1-16(2,3)21-15(20)19-14-6-4-5-11(8-14)12-7-13(17)10-18-9-12/h4-10H,1-3H3,(H,19,20). The second kappa shape index (κ2) is 6.26. The predicted octanol–water partition coefficient (Wildman–Crippen LogP) is 4.86. The Bertz CT molecular complexity index is 651. The molecule has 1 amide bonds. The molecule has 0 saturated heterocycles. The molecule has 0 aliphatic carbocycles. The van der Waals surface area contributed by atoms with Crippen LogP contribution in [-0.2, 0) is 4.74 Å². The fourth-order valence-electron chi connectivity index (χ4n) is 1.77. The summed E-state index contributed by atoms with van der Waals surface area (Å²) in [5, 5.41) is 2.73. The minimum atomic E-state index is -0.518. The van der Waals surface area contributed by atoms with Gasteiger partial charge in [0.2, 0.25) is 0 Å². The summed E-state index contributed by atoms with van der Waals surface area (Å²) < 4.78 is 6.14. The van der Waals surface area contributed by atoms with Crippen molar-refractivity contribution in [3.63, 3.8) is 0 Å². The van der Waals surface area contributed by atoms with Gasteiger partial charge in [-0.3, -0.25) is 10.3 Å². The topological polar surface area (TPSA) is 51.2 Å². The summed E-state index contributed by atoms with van der Waals surface area (Å²) in [5.74, 6) is 0. The molecule has 0 unspecified atom stereocenters. The Labute approximate surface area is 132 Å². The van der Waals surface area contributed by atoms with Gasteiger partial charge in [-0.2, -0.15) is 0 Å². The molecule has 1 aromatic carbocycles. The molecule has 4 nitrogen and oxygen atoms in total. The van der Waals surface area contributed by atoms with E-state index in [0.29, 0.717) is 5.69 Å². The molecule has 110 valence electrons. The number of rotatable bonds is 2. The maximum atomic E-state index is 11.8. The average Bonchev–Trinajstić information content (AvgIpc) is 2.36. The molecule has 1 N–H and O–H groups in total. The molecule has 0 fully saturated rings. The largest absolute Gasteiger partial charge is 0.444 e. The SMILES string of the molecule is CC(C)(C)OC(=O)Nc1cccc(-c2cncc(Br)c2)c1. The van der Waals surface area contributed by atoms with Crippen molar-refractivity contribution >= 4 is 27.7 Å². The van der Waals surface area contributed by atoms with Crippen molar-refractivity contribution in [1.82, 2.24) is 4.98 Å². The van der Waals surface area contributed by atoms with Crippen LogP contribution in [0.1, 0.15) is 20.8 Å². The summed E-state index contributed by atoms with van der Waals surface area (Å²) in [5.41, 5.74) is 2.10. The number of nitrogens with one attached hydrogen (secondary N) is 1. The first-order chi connectivity index (χ1) is 9.83. The number of anilines is 1. The lowest BCUT2D eigenvalue weighted by Gasteiger charge is -2.19. The Kier molecular flexibility index (Phi) is 4.63. The molecule has 0 radical (unpaired) electrons. The number of benzene rings is 1. The van der Waals surface area contributed by atoms with E-state index in [1.54, 1.807) is 12.4 Å². The van der Waals surface area contributed by atoms with E-state index >= 15 is 0 Å². The molecule has 1 heterocycles. The lowest BCUT2D eigenvalue weighted by atomic mass is 10.1. The highest BCUT2D eigenvalue weighted by Crippen LogP contribution is 2.24. The van der Waals surface area contributed by atoms with Crippen LogP contribution in [0.5, 0.6) is 0 Å². The summed E-state index contributed by atoms with van der Waals surface area (Å²) in [6.45, 7) is 5.49. The number of nitrogens with zero attached hydrogens (tertiary/aromatic N) is 1. The number of carbonyl (C=O) groups is 1. The highest BCUT2D eigenvalue weighted by atomic mass is 79.9. The molecule has 0 bridgehead atoms. The number of halogens is 1. The normalized spacial score (nSPS) is 11.0. The number of aromatic nitrogens is 1. The summed E-state index contributed by atoms with van der Waals surface area (Å²) in [7, 11) is 0. The predicted molar refractivity (Wildman–Crippen MR) is 87.2 cm³/mol. The summed E-state index contributed by atoms with van der Waals surface area (Å²) >= 11 is 3.40. The highest BCUT2D eigenvalue weighted by Gasteiger charge is 2.16. The van der Waals surface area contributed by atoms with Gasteiger partial charge in [0.05, 0.1) is 0 Å². The van der Waals surface area contributed by atoms with Crippen molar-refractivity contribution in [3.05, 3.63) is 47.2 Å². The lowest BCUT2D eigenvalue weighted by molar-refractivity contribution is 0.0636. The van der Waals surface area contributed by atoms with E-state index in [0.717, 1.165) is 15.6 Å². The Hall–Kier alpha value is -1.88. The molecular formula is C16H17BrN2O2. The third kappa shape index (κ3) is 4.86. The van der Waals surface area contributed by atoms with E-state index in [4.69, 9.17) is 4.74 Å².